The zero-order valence-electron chi connectivity index (χ0n) is 9.07. The third-order valence-electron chi connectivity index (χ3n) is 2.62. The van der Waals surface area contributed by atoms with Crippen LogP contribution in [0.2, 0.25) is 0 Å². The molecule has 0 spiro atoms. The van der Waals surface area contributed by atoms with Crippen LogP contribution in [0, 0.1) is 5.92 Å². The van der Waals surface area contributed by atoms with Gasteiger partial charge in [-0.2, -0.15) is 0 Å². The summed E-state index contributed by atoms with van der Waals surface area (Å²) in [5, 5.41) is 0. The molecule has 2 unspecified atom stereocenters. The first-order chi connectivity index (χ1) is 6.69. The zero-order chi connectivity index (χ0) is 10.6. The van der Waals surface area contributed by atoms with Crippen LogP contribution in [0.15, 0.2) is 12.2 Å². The number of carbonyl (C=O) groups is 1. The van der Waals surface area contributed by atoms with Crippen molar-refractivity contribution >= 4 is 5.91 Å². The maximum Gasteiger partial charge on any atom is 0.229 e. The molecule has 1 aliphatic rings. The molecule has 1 rings (SSSR count). The van der Waals surface area contributed by atoms with Gasteiger partial charge in [0.1, 0.15) is 0 Å². The third kappa shape index (κ3) is 2.58. The van der Waals surface area contributed by atoms with E-state index in [1.54, 1.807) is 0 Å². The topological polar surface area (TPSA) is 46.3 Å². The van der Waals surface area contributed by atoms with Gasteiger partial charge in [-0.05, 0) is 19.8 Å². The molecule has 0 heterocycles. The number of nitrogens with zero attached hydrogens (tertiary/aromatic N) is 1. The fourth-order valence-electron chi connectivity index (χ4n) is 1.84. The fourth-order valence-corrected chi connectivity index (χ4v) is 1.84. The predicted molar refractivity (Wildman–Crippen MR) is 57.8 cm³/mol. The van der Waals surface area contributed by atoms with E-state index in [1.165, 1.54) is 0 Å². The Balaban J connectivity index is 2.51. The minimum Gasteiger partial charge on any atom is -0.342 e. The second-order valence-electron chi connectivity index (χ2n) is 3.81. The van der Waals surface area contributed by atoms with Crippen molar-refractivity contribution in [2.24, 2.45) is 11.7 Å². The van der Waals surface area contributed by atoms with E-state index in [0.29, 0.717) is 0 Å². The molecule has 3 heteroatoms. The lowest BCUT2D eigenvalue weighted by atomic mass is 10.1. The van der Waals surface area contributed by atoms with Crippen LogP contribution in [0.3, 0.4) is 0 Å². The molecular formula is C11H20N2O. The van der Waals surface area contributed by atoms with Gasteiger partial charge >= 0.3 is 0 Å². The normalized spacial score (nSPS) is 25.4. The molecule has 3 nitrogen and oxygen atoms in total. The molecule has 1 aliphatic carbocycles. The van der Waals surface area contributed by atoms with Crippen LogP contribution in [-0.2, 0) is 4.79 Å². The Kier molecular flexibility index (Phi) is 4.14. The predicted octanol–water partition coefficient (Wildman–Crippen LogP) is 1.15. The summed E-state index contributed by atoms with van der Waals surface area (Å²) in [6.45, 7) is 5.76. The Hall–Kier alpha value is -0.830. The van der Waals surface area contributed by atoms with Crippen LogP contribution in [0.25, 0.3) is 0 Å². The van der Waals surface area contributed by atoms with Crippen molar-refractivity contribution in [3.05, 3.63) is 12.2 Å². The fraction of sp³-hybridized carbons (Fsp3) is 0.727. The summed E-state index contributed by atoms with van der Waals surface area (Å²) >= 11 is 0. The van der Waals surface area contributed by atoms with Crippen molar-refractivity contribution in [1.29, 1.82) is 0 Å². The summed E-state index contributed by atoms with van der Waals surface area (Å²) in [6, 6.07) is 0.0734. The van der Waals surface area contributed by atoms with Crippen molar-refractivity contribution in [3.63, 3.8) is 0 Å². The van der Waals surface area contributed by atoms with Crippen LogP contribution < -0.4 is 5.73 Å². The molecule has 14 heavy (non-hydrogen) atoms. The van der Waals surface area contributed by atoms with Gasteiger partial charge in [0.25, 0.3) is 0 Å². The SMILES string of the molecule is CCCN(CC)C(=O)C1C=CC(N)C1. The van der Waals surface area contributed by atoms with Crippen molar-refractivity contribution in [2.75, 3.05) is 13.1 Å². The van der Waals surface area contributed by atoms with E-state index in [2.05, 4.69) is 6.92 Å². The van der Waals surface area contributed by atoms with Gasteiger partial charge < -0.3 is 10.6 Å². The summed E-state index contributed by atoms with van der Waals surface area (Å²) in [7, 11) is 0. The summed E-state index contributed by atoms with van der Waals surface area (Å²) in [5.74, 6) is 0.259. The van der Waals surface area contributed by atoms with Gasteiger partial charge in [-0.1, -0.05) is 19.1 Å². The molecule has 0 aliphatic heterocycles. The molecule has 1 amide bonds. The molecule has 0 fully saturated rings. The van der Waals surface area contributed by atoms with E-state index < -0.39 is 0 Å². The first-order valence-electron chi connectivity index (χ1n) is 5.41. The lowest BCUT2D eigenvalue weighted by Gasteiger charge is -2.23. The Bertz CT molecular complexity index is 225. The molecular weight excluding hydrogens is 176 g/mol. The average Bonchev–Trinajstić information content (AvgIpc) is 2.60. The molecule has 0 aromatic rings. The molecule has 2 atom stereocenters. The van der Waals surface area contributed by atoms with Crippen molar-refractivity contribution in [1.82, 2.24) is 4.90 Å². The smallest absolute Gasteiger partial charge is 0.229 e. The number of rotatable bonds is 4. The Morgan fingerprint density at radius 1 is 1.50 bits per heavy atom. The largest absolute Gasteiger partial charge is 0.342 e. The Morgan fingerprint density at radius 2 is 2.21 bits per heavy atom. The molecule has 2 N–H and O–H groups in total. The number of nitrogens with two attached hydrogens (primary N) is 1. The van der Waals surface area contributed by atoms with Crippen LogP contribution in [0.5, 0.6) is 0 Å². The zero-order valence-corrected chi connectivity index (χ0v) is 9.07. The van der Waals surface area contributed by atoms with E-state index in [0.717, 1.165) is 25.9 Å². The van der Waals surface area contributed by atoms with Gasteiger partial charge in [0.05, 0.1) is 5.92 Å². The van der Waals surface area contributed by atoms with Gasteiger partial charge in [-0.3, -0.25) is 4.79 Å². The number of carbonyl (C=O) groups excluding carboxylic acids is 1. The van der Waals surface area contributed by atoms with Crippen LogP contribution in [0.1, 0.15) is 26.7 Å². The first kappa shape index (κ1) is 11.2. The summed E-state index contributed by atoms with van der Waals surface area (Å²) in [4.78, 5) is 13.8. The van der Waals surface area contributed by atoms with Crippen molar-refractivity contribution in [3.8, 4) is 0 Å². The van der Waals surface area contributed by atoms with Crippen molar-refractivity contribution < 1.29 is 4.79 Å². The van der Waals surface area contributed by atoms with Crippen LogP contribution in [0.4, 0.5) is 0 Å². The van der Waals surface area contributed by atoms with Crippen LogP contribution >= 0.6 is 0 Å². The minimum atomic E-state index is 0.0245. The molecule has 0 radical (unpaired) electrons. The highest BCUT2D eigenvalue weighted by molar-refractivity contribution is 5.81. The molecule has 0 bridgehead atoms. The van der Waals surface area contributed by atoms with Gasteiger partial charge in [0, 0.05) is 19.1 Å². The Morgan fingerprint density at radius 3 is 2.64 bits per heavy atom. The molecule has 0 aromatic carbocycles. The summed E-state index contributed by atoms with van der Waals surface area (Å²) in [6.07, 6.45) is 5.68. The number of hydrogen-bond donors (Lipinski definition) is 1. The van der Waals surface area contributed by atoms with Gasteiger partial charge in [0.2, 0.25) is 5.91 Å². The maximum absolute atomic E-state index is 11.9. The van der Waals surface area contributed by atoms with E-state index in [-0.39, 0.29) is 17.9 Å². The lowest BCUT2D eigenvalue weighted by Crippen LogP contribution is -2.36. The highest BCUT2D eigenvalue weighted by Crippen LogP contribution is 2.18. The monoisotopic (exact) mass is 196 g/mol. The van der Waals surface area contributed by atoms with Gasteiger partial charge in [0.15, 0.2) is 0 Å². The molecule has 0 aromatic heterocycles. The quantitative estimate of drug-likeness (QED) is 0.686. The van der Waals surface area contributed by atoms with E-state index in [1.807, 2.05) is 24.0 Å². The third-order valence-corrected chi connectivity index (χ3v) is 2.62. The first-order valence-corrected chi connectivity index (χ1v) is 5.41. The number of hydrogen-bond acceptors (Lipinski definition) is 2. The van der Waals surface area contributed by atoms with E-state index in [4.69, 9.17) is 5.73 Å². The van der Waals surface area contributed by atoms with E-state index >= 15 is 0 Å². The standard InChI is InChI=1S/C11H20N2O/c1-3-7-13(4-2)11(14)9-5-6-10(12)8-9/h5-6,9-10H,3-4,7-8,12H2,1-2H3. The van der Waals surface area contributed by atoms with E-state index in [9.17, 15) is 4.79 Å². The maximum atomic E-state index is 11.9. The van der Waals surface area contributed by atoms with Gasteiger partial charge in [-0.25, -0.2) is 0 Å². The summed E-state index contributed by atoms with van der Waals surface area (Å²) in [5.41, 5.74) is 5.72. The van der Waals surface area contributed by atoms with Crippen molar-refractivity contribution in [2.45, 2.75) is 32.7 Å². The average molecular weight is 196 g/mol. The molecule has 0 saturated carbocycles. The second-order valence-corrected chi connectivity index (χ2v) is 3.81. The Labute approximate surface area is 86.0 Å². The van der Waals surface area contributed by atoms with Gasteiger partial charge in [-0.15, -0.1) is 0 Å². The molecule has 80 valence electrons. The highest BCUT2D eigenvalue weighted by atomic mass is 16.2. The number of amides is 1. The summed E-state index contributed by atoms with van der Waals surface area (Å²) < 4.78 is 0. The minimum absolute atomic E-state index is 0.0245. The highest BCUT2D eigenvalue weighted by Gasteiger charge is 2.25. The lowest BCUT2D eigenvalue weighted by molar-refractivity contribution is -0.133. The second kappa shape index (κ2) is 5.15. The van der Waals surface area contributed by atoms with Crippen LogP contribution in [-0.4, -0.2) is 29.9 Å². The molecule has 0 saturated heterocycles.